The van der Waals surface area contributed by atoms with Gasteiger partial charge in [-0.25, -0.2) is 4.90 Å². The maximum Gasteiger partial charge on any atom is 0.242 e. The summed E-state index contributed by atoms with van der Waals surface area (Å²) >= 11 is 0. The van der Waals surface area contributed by atoms with Crippen LogP contribution in [0.5, 0.6) is 0 Å². The van der Waals surface area contributed by atoms with Crippen LogP contribution >= 0.6 is 0 Å². The number of anilines is 1. The largest absolute Gasteiger partial charge is 0.273 e. The number of para-hydroxylation sites is 1. The second-order valence-corrected chi connectivity index (χ2v) is 5.20. The van der Waals surface area contributed by atoms with E-state index in [1.165, 1.54) is 4.90 Å². The molecule has 0 spiro atoms. The Labute approximate surface area is 112 Å². The van der Waals surface area contributed by atoms with Crippen LogP contribution in [0.4, 0.5) is 5.69 Å². The van der Waals surface area contributed by atoms with Crippen molar-refractivity contribution in [2.24, 2.45) is 11.8 Å². The van der Waals surface area contributed by atoms with E-state index in [9.17, 15) is 9.59 Å². The number of rotatable bonds is 4. The number of benzene rings is 1. The van der Waals surface area contributed by atoms with Crippen molar-refractivity contribution in [2.75, 3.05) is 4.90 Å². The van der Waals surface area contributed by atoms with Gasteiger partial charge in [0.05, 0.1) is 17.5 Å². The number of imide groups is 1. The molecule has 3 heteroatoms. The molecule has 0 bridgehead atoms. The minimum atomic E-state index is -0.209. The van der Waals surface area contributed by atoms with Crippen molar-refractivity contribution in [2.45, 2.75) is 26.2 Å². The van der Waals surface area contributed by atoms with E-state index in [-0.39, 0.29) is 23.7 Å². The number of fused-ring (bicyclic) bond motifs is 1. The molecule has 1 aliphatic carbocycles. The van der Waals surface area contributed by atoms with E-state index in [2.05, 4.69) is 6.92 Å². The van der Waals surface area contributed by atoms with Crippen molar-refractivity contribution >= 4 is 17.5 Å². The van der Waals surface area contributed by atoms with E-state index in [1.54, 1.807) is 0 Å². The molecule has 1 aliphatic heterocycles. The van der Waals surface area contributed by atoms with Gasteiger partial charge in [0, 0.05) is 0 Å². The molecule has 1 fully saturated rings. The quantitative estimate of drug-likeness (QED) is 0.612. The van der Waals surface area contributed by atoms with Gasteiger partial charge in [-0.1, -0.05) is 43.2 Å². The van der Waals surface area contributed by atoms with Crippen molar-refractivity contribution < 1.29 is 9.59 Å². The van der Waals surface area contributed by atoms with Crippen molar-refractivity contribution in [1.29, 1.82) is 0 Å². The molecule has 2 atom stereocenters. The third-order valence-corrected chi connectivity index (χ3v) is 3.98. The Bertz CT molecular complexity index is 547. The summed E-state index contributed by atoms with van der Waals surface area (Å²) in [5.74, 6) is -0.505. The SMILES string of the molecule is CCCCC1=CC2C(=O)N(c3ccccc3)C(=O)C12. The summed E-state index contributed by atoms with van der Waals surface area (Å²) in [6.07, 6.45) is 5.13. The van der Waals surface area contributed by atoms with Gasteiger partial charge in [0.25, 0.3) is 0 Å². The van der Waals surface area contributed by atoms with Crippen LogP contribution in [-0.2, 0) is 9.59 Å². The zero-order valence-corrected chi connectivity index (χ0v) is 11.0. The molecule has 19 heavy (non-hydrogen) atoms. The average Bonchev–Trinajstić information content (AvgIpc) is 2.57. The molecule has 98 valence electrons. The third-order valence-electron chi connectivity index (χ3n) is 3.98. The number of hydrogen-bond donors (Lipinski definition) is 0. The van der Waals surface area contributed by atoms with Crippen LogP contribution < -0.4 is 4.90 Å². The summed E-state index contributed by atoms with van der Waals surface area (Å²) in [6.45, 7) is 2.13. The van der Waals surface area contributed by atoms with Gasteiger partial charge in [0.1, 0.15) is 0 Å². The number of unbranched alkanes of at least 4 members (excludes halogenated alkanes) is 1. The maximum atomic E-state index is 12.4. The molecule has 0 aromatic heterocycles. The zero-order chi connectivity index (χ0) is 13.4. The van der Waals surface area contributed by atoms with E-state index < -0.39 is 0 Å². The molecule has 0 saturated carbocycles. The van der Waals surface area contributed by atoms with Crippen LogP contribution in [0.25, 0.3) is 0 Å². The zero-order valence-electron chi connectivity index (χ0n) is 11.0. The Morgan fingerprint density at radius 2 is 1.84 bits per heavy atom. The maximum absolute atomic E-state index is 12.4. The molecular formula is C16H17NO2. The number of hydrogen-bond acceptors (Lipinski definition) is 2. The smallest absolute Gasteiger partial charge is 0.242 e. The summed E-state index contributed by atoms with van der Waals surface area (Å²) < 4.78 is 0. The summed E-state index contributed by atoms with van der Waals surface area (Å²) in [5.41, 5.74) is 1.85. The van der Waals surface area contributed by atoms with Crippen molar-refractivity contribution in [1.82, 2.24) is 0 Å². The Balaban J connectivity index is 1.83. The van der Waals surface area contributed by atoms with E-state index >= 15 is 0 Å². The molecule has 3 rings (SSSR count). The van der Waals surface area contributed by atoms with Gasteiger partial charge in [0.2, 0.25) is 11.8 Å². The molecule has 1 saturated heterocycles. The van der Waals surface area contributed by atoms with Gasteiger partial charge >= 0.3 is 0 Å². The van der Waals surface area contributed by atoms with E-state index in [0.717, 1.165) is 24.8 Å². The van der Waals surface area contributed by atoms with Crippen LogP contribution in [0.3, 0.4) is 0 Å². The average molecular weight is 255 g/mol. The number of amides is 2. The fraction of sp³-hybridized carbons (Fsp3) is 0.375. The molecule has 0 radical (unpaired) electrons. The summed E-state index contributed by atoms with van der Waals surface area (Å²) in [4.78, 5) is 26.0. The highest BCUT2D eigenvalue weighted by Gasteiger charge is 2.53. The van der Waals surface area contributed by atoms with Crippen LogP contribution in [0.1, 0.15) is 26.2 Å². The van der Waals surface area contributed by atoms with Crippen LogP contribution in [0.2, 0.25) is 0 Å². The first-order chi connectivity index (χ1) is 9.24. The van der Waals surface area contributed by atoms with Gasteiger partial charge in [0.15, 0.2) is 0 Å². The molecule has 2 aliphatic rings. The van der Waals surface area contributed by atoms with Gasteiger partial charge in [-0.3, -0.25) is 9.59 Å². The highest BCUT2D eigenvalue weighted by Crippen LogP contribution is 2.45. The topological polar surface area (TPSA) is 37.4 Å². The minimum Gasteiger partial charge on any atom is -0.273 e. The first kappa shape index (κ1) is 12.2. The highest BCUT2D eigenvalue weighted by atomic mass is 16.2. The number of nitrogens with zero attached hydrogens (tertiary/aromatic N) is 1. The lowest BCUT2D eigenvalue weighted by atomic mass is 9.74. The molecule has 1 aromatic rings. The van der Waals surface area contributed by atoms with Crippen LogP contribution in [0, 0.1) is 11.8 Å². The lowest BCUT2D eigenvalue weighted by Gasteiger charge is -2.25. The van der Waals surface area contributed by atoms with Crippen molar-refractivity contribution in [3.8, 4) is 0 Å². The number of carbonyl (C=O) groups excluding carboxylic acids is 2. The van der Waals surface area contributed by atoms with Crippen molar-refractivity contribution in [3.05, 3.63) is 42.0 Å². The summed E-state index contributed by atoms with van der Waals surface area (Å²) in [6, 6.07) is 9.20. The first-order valence-electron chi connectivity index (χ1n) is 6.87. The van der Waals surface area contributed by atoms with Gasteiger partial charge < -0.3 is 0 Å². The van der Waals surface area contributed by atoms with Crippen LogP contribution in [-0.4, -0.2) is 11.8 Å². The predicted octanol–water partition coefficient (Wildman–Crippen LogP) is 2.92. The van der Waals surface area contributed by atoms with Gasteiger partial charge in [-0.2, -0.15) is 0 Å². The molecule has 1 aromatic carbocycles. The Kier molecular flexibility index (Phi) is 2.97. The van der Waals surface area contributed by atoms with Gasteiger partial charge in [-0.05, 0) is 25.0 Å². The van der Waals surface area contributed by atoms with Crippen molar-refractivity contribution in [3.63, 3.8) is 0 Å². The van der Waals surface area contributed by atoms with E-state index in [1.807, 2.05) is 36.4 Å². The Morgan fingerprint density at radius 1 is 1.11 bits per heavy atom. The molecule has 0 N–H and O–H groups in total. The van der Waals surface area contributed by atoms with E-state index in [0.29, 0.717) is 5.69 Å². The second kappa shape index (κ2) is 4.65. The second-order valence-electron chi connectivity index (χ2n) is 5.20. The standard InChI is InChI=1S/C16H17NO2/c1-2-3-7-11-10-13-14(11)16(19)17(15(13)18)12-8-5-4-6-9-12/h4-6,8-10,13-14H,2-3,7H2,1H3. The lowest BCUT2D eigenvalue weighted by Crippen LogP contribution is -2.30. The minimum absolute atomic E-state index is 0.0465. The summed E-state index contributed by atoms with van der Waals surface area (Å²) in [5, 5.41) is 0. The molecule has 2 amide bonds. The fourth-order valence-electron chi connectivity index (χ4n) is 2.92. The fourth-order valence-corrected chi connectivity index (χ4v) is 2.92. The summed E-state index contributed by atoms with van der Waals surface area (Å²) in [7, 11) is 0. The van der Waals surface area contributed by atoms with Gasteiger partial charge in [-0.15, -0.1) is 0 Å². The lowest BCUT2D eigenvalue weighted by molar-refractivity contribution is -0.122. The van der Waals surface area contributed by atoms with E-state index in [4.69, 9.17) is 0 Å². The third kappa shape index (κ3) is 1.81. The Morgan fingerprint density at radius 3 is 2.53 bits per heavy atom. The predicted molar refractivity (Wildman–Crippen MR) is 73.5 cm³/mol. The highest BCUT2D eigenvalue weighted by molar-refractivity contribution is 6.24. The van der Waals surface area contributed by atoms with Crippen LogP contribution in [0.15, 0.2) is 42.0 Å². The molecule has 1 heterocycles. The Hall–Kier alpha value is -1.90. The molecule has 3 nitrogen and oxygen atoms in total. The monoisotopic (exact) mass is 255 g/mol. The number of carbonyl (C=O) groups is 2. The molecule has 2 unspecified atom stereocenters. The molecular weight excluding hydrogens is 238 g/mol. The normalized spacial score (nSPS) is 25.1. The first-order valence-corrected chi connectivity index (χ1v) is 6.87.